The lowest BCUT2D eigenvalue weighted by atomic mass is 9.93. The molecule has 1 unspecified atom stereocenters. The molecule has 0 radical (unpaired) electrons. The number of hydrogen-bond donors (Lipinski definition) is 1. The molecule has 36 heavy (non-hydrogen) atoms. The van der Waals surface area contributed by atoms with E-state index < -0.39 is 17.7 Å². The number of carbonyl (C=O) groups is 2. The second-order valence-electron chi connectivity index (χ2n) is 9.25. The van der Waals surface area contributed by atoms with Crippen molar-refractivity contribution in [1.82, 2.24) is 0 Å². The molecule has 1 heterocycles. The van der Waals surface area contributed by atoms with Crippen LogP contribution in [0.1, 0.15) is 42.5 Å². The Balaban J connectivity index is 1.94. The van der Waals surface area contributed by atoms with Gasteiger partial charge < -0.3 is 14.7 Å². The van der Waals surface area contributed by atoms with Gasteiger partial charge in [0, 0.05) is 30.5 Å². The molecule has 0 saturated carbocycles. The average molecular weight is 505 g/mol. The lowest BCUT2D eigenvalue weighted by Crippen LogP contribution is -2.29. The first-order valence-corrected chi connectivity index (χ1v) is 12.0. The zero-order valence-corrected chi connectivity index (χ0v) is 21.7. The maximum atomic E-state index is 13.4. The van der Waals surface area contributed by atoms with E-state index in [1.165, 1.54) is 18.1 Å². The Morgan fingerprint density at radius 2 is 1.64 bits per heavy atom. The number of ether oxygens (including phenoxy) is 1. The summed E-state index contributed by atoms with van der Waals surface area (Å²) >= 11 is 6.20. The van der Waals surface area contributed by atoms with Gasteiger partial charge in [-0.3, -0.25) is 14.5 Å². The summed E-state index contributed by atoms with van der Waals surface area (Å²) in [5, 5.41) is 11.8. The Labute approximate surface area is 216 Å². The fraction of sp³-hybridized carbons (Fsp3) is 0.241. The van der Waals surface area contributed by atoms with Crippen molar-refractivity contribution in [1.29, 1.82) is 0 Å². The van der Waals surface area contributed by atoms with Crippen molar-refractivity contribution in [3.8, 4) is 5.75 Å². The predicted molar refractivity (Wildman–Crippen MR) is 144 cm³/mol. The monoisotopic (exact) mass is 504 g/mol. The molecule has 1 aliphatic rings. The van der Waals surface area contributed by atoms with Gasteiger partial charge in [0.05, 0.1) is 24.3 Å². The van der Waals surface area contributed by atoms with Gasteiger partial charge in [-0.25, -0.2) is 0 Å². The van der Waals surface area contributed by atoms with E-state index in [1.54, 1.807) is 24.3 Å². The maximum Gasteiger partial charge on any atom is 0.300 e. The third-order valence-corrected chi connectivity index (χ3v) is 6.66. The fourth-order valence-electron chi connectivity index (χ4n) is 4.40. The number of anilines is 2. The van der Waals surface area contributed by atoms with Gasteiger partial charge in [-0.1, -0.05) is 49.7 Å². The predicted octanol–water partition coefficient (Wildman–Crippen LogP) is 6.16. The molecule has 4 rings (SSSR count). The van der Waals surface area contributed by atoms with Crippen LogP contribution in [-0.2, 0) is 9.59 Å². The van der Waals surface area contributed by atoms with Gasteiger partial charge in [0.25, 0.3) is 11.7 Å². The van der Waals surface area contributed by atoms with Gasteiger partial charge in [-0.05, 0) is 59.5 Å². The van der Waals surface area contributed by atoms with Crippen molar-refractivity contribution in [2.75, 3.05) is 31.0 Å². The standard InChI is InChI=1S/C29H29ClN2O4/c1-17(2)18-6-8-19(9-7-18)26-25(27(33)23-16-20(30)10-15-24(23)36-5)28(34)29(35)32(26)22-13-11-21(12-14-22)31(3)4/h6-17,26,33H,1-5H3/b27-25+. The van der Waals surface area contributed by atoms with Crippen molar-refractivity contribution in [3.05, 3.63) is 94.0 Å². The molecule has 0 aliphatic carbocycles. The summed E-state index contributed by atoms with van der Waals surface area (Å²) in [7, 11) is 5.32. The Morgan fingerprint density at radius 3 is 2.19 bits per heavy atom. The van der Waals surface area contributed by atoms with Gasteiger partial charge in [0.1, 0.15) is 11.5 Å². The van der Waals surface area contributed by atoms with Crippen LogP contribution in [0.4, 0.5) is 11.4 Å². The number of ketones is 1. The Kier molecular flexibility index (Phi) is 7.09. The number of Topliss-reactive ketones (excluding diaryl/α,β-unsaturated/α-hetero) is 1. The van der Waals surface area contributed by atoms with E-state index >= 15 is 0 Å². The summed E-state index contributed by atoms with van der Waals surface area (Å²) in [6, 6.07) is 19.1. The SMILES string of the molecule is COc1ccc(Cl)cc1/C(O)=C1\C(=O)C(=O)N(c2ccc(N(C)C)cc2)C1c1ccc(C(C)C)cc1. The quantitative estimate of drug-likeness (QED) is 0.247. The number of halogens is 1. The number of aliphatic hydroxyl groups excluding tert-OH is 1. The summed E-state index contributed by atoms with van der Waals surface area (Å²) in [6.45, 7) is 4.19. The van der Waals surface area contributed by atoms with E-state index in [-0.39, 0.29) is 16.9 Å². The molecule has 1 amide bonds. The smallest absolute Gasteiger partial charge is 0.300 e. The van der Waals surface area contributed by atoms with Crippen molar-refractivity contribution in [2.45, 2.75) is 25.8 Å². The highest BCUT2D eigenvalue weighted by Crippen LogP contribution is 2.44. The number of carbonyl (C=O) groups excluding carboxylic acids is 2. The van der Waals surface area contributed by atoms with Gasteiger partial charge in [0.2, 0.25) is 0 Å². The molecular weight excluding hydrogens is 476 g/mol. The molecule has 6 nitrogen and oxygen atoms in total. The van der Waals surface area contributed by atoms with Crippen molar-refractivity contribution in [2.24, 2.45) is 0 Å². The minimum absolute atomic E-state index is 0.0189. The van der Waals surface area contributed by atoms with E-state index in [2.05, 4.69) is 13.8 Å². The van der Waals surface area contributed by atoms with Crippen molar-refractivity contribution >= 4 is 40.4 Å². The Morgan fingerprint density at radius 1 is 1.00 bits per heavy atom. The first-order chi connectivity index (χ1) is 17.1. The number of hydrogen-bond acceptors (Lipinski definition) is 5. The lowest BCUT2D eigenvalue weighted by Gasteiger charge is -2.26. The lowest BCUT2D eigenvalue weighted by molar-refractivity contribution is -0.132. The van der Waals surface area contributed by atoms with Gasteiger partial charge in [0.15, 0.2) is 0 Å². The van der Waals surface area contributed by atoms with Gasteiger partial charge in [-0.2, -0.15) is 0 Å². The van der Waals surface area contributed by atoms with Crippen LogP contribution in [-0.4, -0.2) is 38.0 Å². The first-order valence-electron chi connectivity index (χ1n) is 11.7. The molecule has 1 atom stereocenters. The number of aliphatic hydroxyl groups is 1. The highest BCUT2D eigenvalue weighted by molar-refractivity contribution is 6.51. The Bertz CT molecular complexity index is 1330. The van der Waals surface area contributed by atoms with Gasteiger partial charge >= 0.3 is 0 Å². The summed E-state index contributed by atoms with van der Waals surface area (Å²) in [5.41, 5.74) is 3.57. The van der Waals surface area contributed by atoms with Crippen molar-refractivity contribution in [3.63, 3.8) is 0 Å². The topological polar surface area (TPSA) is 70.1 Å². The number of amides is 1. The van der Waals surface area contributed by atoms with E-state index in [1.807, 2.05) is 55.4 Å². The normalized spacial score (nSPS) is 17.1. The number of methoxy groups -OCH3 is 1. The van der Waals surface area contributed by atoms with Gasteiger partial charge in [-0.15, -0.1) is 0 Å². The molecule has 7 heteroatoms. The average Bonchev–Trinajstić information content (AvgIpc) is 3.13. The second-order valence-corrected chi connectivity index (χ2v) is 9.68. The van der Waals surface area contributed by atoms with Crippen LogP contribution < -0.4 is 14.5 Å². The highest BCUT2D eigenvalue weighted by Gasteiger charge is 2.47. The zero-order valence-electron chi connectivity index (χ0n) is 20.9. The molecule has 1 saturated heterocycles. The molecule has 1 fully saturated rings. The van der Waals surface area contributed by atoms with Crippen LogP contribution >= 0.6 is 11.6 Å². The summed E-state index contributed by atoms with van der Waals surface area (Å²) < 4.78 is 5.41. The molecule has 186 valence electrons. The second kappa shape index (κ2) is 10.1. The first kappa shape index (κ1) is 25.3. The molecule has 0 spiro atoms. The van der Waals surface area contributed by atoms with Crippen LogP contribution in [0.2, 0.25) is 5.02 Å². The summed E-state index contributed by atoms with van der Waals surface area (Å²) in [5.74, 6) is -1.16. The van der Waals surface area contributed by atoms with Crippen LogP contribution in [0.15, 0.2) is 72.3 Å². The minimum atomic E-state index is -0.833. The zero-order chi connectivity index (χ0) is 26.1. The maximum absolute atomic E-state index is 13.4. The summed E-state index contributed by atoms with van der Waals surface area (Å²) in [6.07, 6.45) is 0. The minimum Gasteiger partial charge on any atom is -0.507 e. The molecule has 1 aliphatic heterocycles. The van der Waals surface area contributed by atoms with E-state index in [0.29, 0.717) is 27.9 Å². The molecule has 3 aromatic rings. The van der Waals surface area contributed by atoms with Crippen LogP contribution in [0, 0.1) is 0 Å². The molecule has 1 N–H and O–H groups in total. The molecule has 3 aromatic carbocycles. The number of nitrogens with zero attached hydrogens (tertiary/aromatic N) is 2. The van der Waals surface area contributed by atoms with Crippen LogP contribution in [0.25, 0.3) is 5.76 Å². The van der Waals surface area contributed by atoms with E-state index in [0.717, 1.165) is 11.3 Å². The van der Waals surface area contributed by atoms with E-state index in [4.69, 9.17) is 16.3 Å². The number of benzene rings is 3. The number of rotatable bonds is 6. The molecule has 0 bridgehead atoms. The molecular formula is C29H29ClN2O4. The Hall–Kier alpha value is -3.77. The highest BCUT2D eigenvalue weighted by atomic mass is 35.5. The fourth-order valence-corrected chi connectivity index (χ4v) is 4.57. The summed E-state index contributed by atoms with van der Waals surface area (Å²) in [4.78, 5) is 30.2. The van der Waals surface area contributed by atoms with Crippen LogP contribution in [0.3, 0.4) is 0 Å². The molecule has 0 aromatic heterocycles. The van der Waals surface area contributed by atoms with E-state index in [9.17, 15) is 14.7 Å². The van der Waals surface area contributed by atoms with Crippen LogP contribution in [0.5, 0.6) is 5.75 Å². The van der Waals surface area contributed by atoms with Crippen molar-refractivity contribution < 1.29 is 19.4 Å². The third-order valence-electron chi connectivity index (χ3n) is 6.42. The third kappa shape index (κ3) is 4.56. The largest absolute Gasteiger partial charge is 0.507 e.